The molecule has 0 atom stereocenters. The molecule has 2 N–H and O–H groups in total. The minimum Gasteiger partial charge on any atom is -0.475 e. The number of halogens is 1. The van der Waals surface area contributed by atoms with Crippen molar-refractivity contribution < 1.29 is 24.2 Å². The number of anilines is 1. The molecule has 2 heterocycles. The first-order valence-electron chi connectivity index (χ1n) is 7.37. The van der Waals surface area contributed by atoms with Gasteiger partial charge in [0.15, 0.2) is 5.60 Å². The number of nitrogens with one attached hydrogen (secondary N) is 1. The van der Waals surface area contributed by atoms with Gasteiger partial charge < -0.3 is 24.8 Å². The molecule has 0 bridgehead atoms. The number of nitrogens with zero attached hydrogens (tertiary/aromatic N) is 1. The summed E-state index contributed by atoms with van der Waals surface area (Å²) >= 11 is 3.39. The number of carbonyl (C=O) groups is 2. The van der Waals surface area contributed by atoms with Crippen LogP contribution in [0.15, 0.2) is 22.7 Å². The van der Waals surface area contributed by atoms with Crippen LogP contribution in [-0.4, -0.2) is 49.0 Å². The molecule has 0 radical (unpaired) electrons. The van der Waals surface area contributed by atoms with E-state index in [-0.39, 0.29) is 19.0 Å². The van der Waals surface area contributed by atoms with Gasteiger partial charge in [-0.05, 0) is 18.2 Å². The third kappa shape index (κ3) is 3.13. The number of ether oxygens (including phenoxy) is 2. The maximum Gasteiger partial charge on any atom is 0.404 e. The van der Waals surface area contributed by atoms with Crippen LogP contribution in [0, 0.1) is 0 Å². The van der Waals surface area contributed by atoms with Crippen molar-refractivity contribution in [2.24, 2.45) is 0 Å². The zero-order chi connectivity index (χ0) is 16.4. The summed E-state index contributed by atoms with van der Waals surface area (Å²) in [7, 11) is 0. The molecule has 1 saturated heterocycles. The van der Waals surface area contributed by atoms with E-state index < -0.39 is 11.7 Å². The Balaban J connectivity index is 1.92. The second-order valence-corrected chi connectivity index (χ2v) is 6.43. The number of amides is 2. The highest BCUT2D eigenvalue weighted by Gasteiger charge is 2.49. The van der Waals surface area contributed by atoms with Gasteiger partial charge >= 0.3 is 6.09 Å². The van der Waals surface area contributed by atoms with E-state index >= 15 is 0 Å². The van der Waals surface area contributed by atoms with Gasteiger partial charge in [0.2, 0.25) is 0 Å². The number of hydrogen-bond donors (Lipinski definition) is 2. The third-order valence-electron chi connectivity index (χ3n) is 4.06. The number of fused-ring (bicyclic) bond motifs is 1. The van der Waals surface area contributed by atoms with Gasteiger partial charge in [0.05, 0.1) is 18.9 Å². The monoisotopic (exact) mass is 384 g/mol. The summed E-state index contributed by atoms with van der Waals surface area (Å²) in [5.74, 6) is 0.489. The molecule has 1 aromatic carbocycles. The summed E-state index contributed by atoms with van der Waals surface area (Å²) in [6.07, 6.45) is -0.130. The van der Waals surface area contributed by atoms with Crippen LogP contribution in [0.5, 0.6) is 5.75 Å². The molecule has 0 saturated carbocycles. The van der Waals surface area contributed by atoms with Gasteiger partial charge in [0, 0.05) is 30.4 Å². The molecule has 1 spiro atoms. The smallest absolute Gasteiger partial charge is 0.404 e. The van der Waals surface area contributed by atoms with Crippen LogP contribution in [0.4, 0.5) is 10.5 Å². The van der Waals surface area contributed by atoms with Gasteiger partial charge in [-0.3, -0.25) is 4.79 Å². The predicted molar refractivity (Wildman–Crippen MR) is 85.9 cm³/mol. The Morgan fingerprint density at radius 3 is 2.83 bits per heavy atom. The first-order valence-corrected chi connectivity index (χ1v) is 8.16. The lowest BCUT2D eigenvalue weighted by Gasteiger charge is -2.44. The van der Waals surface area contributed by atoms with Crippen molar-refractivity contribution in [3.05, 3.63) is 22.7 Å². The van der Waals surface area contributed by atoms with E-state index in [1.807, 2.05) is 12.1 Å². The summed E-state index contributed by atoms with van der Waals surface area (Å²) in [5, 5.41) is 11.0. The number of hydrogen-bond acceptors (Lipinski definition) is 4. The van der Waals surface area contributed by atoms with Gasteiger partial charge in [-0.2, -0.15) is 0 Å². The molecular weight excluding hydrogens is 368 g/mol. The average molecular weight is 385 g/mol. The normalized spacial score (nSPS) is 19.2. The number of benzene rings is 1. The molecule has 0 unspecified atom stereocenters. The standard InChI is InChI=1S/C15H17BrN2O5/c16-10-1-2-12-11(9-10)18(6-5-17-14(20)21)13(19)15(23-12)3-7-22-8-4-15/h1-2,9,17H,3-8H2,(H,20,21). The second kappa shape index (κ2) is 6.37. The van der Waals surface area contributed by atoms with Crippen molar-refractivity contribution >= 4 is 33.6 Å². The minimum atomic E-state index is -1.11. The van der Waals surface area contributed by atoms with Crippen molar-refractivity contribution in [3.63, 3.8) is 0 Å². The van der Waals surface area contributed by atoms with Crippen molar-refractivity contribution in [2.45, 2.75) is 18.4 Å². The summed E-state index contributed by atoms with van der Waals surface area (Å²) in [4.78, 5) is 25.3. The highest BCUT2D eigenvalue weighted by molar-refractivity contribution is 9.10. The number of carboxylic acid groups (broad SMARTS) is 1. The van der Waals surface area contributed by atoms with E-state index in [1.165, 1.54) is 0 Å². The SMILES string of the molecule is O=C(O)NCCN1C(=O)C2(CCOCC2)Oc2ccc(Br)cc21. The van der Waals surface area contributed by atoms with Crippen LogP contribution in [0.2, 0.25) is 0 Å². The average Bonchev–Trinajstić information content (AvgIpc) is 2.53. The fourth-order valence-electron chi connectivity index (χ4n) is 2.91. The topological polar surface area (TPSA) is 88.1 Å². The van der Waals surface area contributed by atoms with Crippen LogP contribution in [0.3, 0.4) is 0 Å². The highest BCUT2D eigenvalue weighted by Crippen LogP contribution is 2.42. The van der Waals surface area contributed by atoms with Gasteiger partial charge in [0.1, 0.15) is 5.75 Å². The van der Waals surface area contributed by atoms with Gasteiger partial charge in [-0.25, -0.2) is 4.79 Å². The predicted octanol–water partition coefficient (Wildman–Crippen LogP) is 1.99. The molecule has 8 heteroatoms. The van der Waals surface area contributed by atoms with Crippen molar-refractivity contribution in [1.29, 1.82) is 0 Å². The van der Waals surface area contributed by atoms with Crippen LogP contribution in [0.25, 0.3) is 0 Å². The summed E-state index contributed by atoms with van der Waals surface area (Å²) in [6, 6.07) is 5.48. The zero-order valence-electron chi connectivity index (χ0n) is 12.4. The van der Waals surface area contributed by atoms with E-state index in [1.54, 1.807) is 11.0 Å². The fourth-order valence-corrected chi connectivity index (χ4v) is 3.26. The largest absolute Gasteiger partial charge is 0.475 e. The first kappa shape index (κ1) is 16.1. The lowest BCUT2D eigenvalue weighted by atomic mass is 9.90. The van der Waals surface area contributed by atoms with Crippen LogP contribution in [0.1, 0.15) is 12.8 Å². The van der Waals surface area contributed by atoms with Gasteiger partial charge in [-0.15, -0.1) is 0 Å². The molecule has 124 valence electrons. The number of rotatable bonds is 3. The molecule has 0 aromatic heterocycles. The fraction of sp³-hybridized carbons (Fsp3) is 0.467. The summed E-state index contributed by atoms with van der Waals surface area (Å²) in [6.45, 7) is 1.35. The van der Waals surface area contributed by atoms with E-state index in [0.717, 1.165) is 4.47 Å². The van der Waals surface area contributed by atoms with E-state index in [9.17, 15) is 9.59 Å². The Morgan fingerprint density at radius 1 is 1.39 bits per heavy atom. The van der Waals surface area contributed by atoms with E-state index in [0.29, 0.717) is 37.5 Å². The Kier molecular flexibility index (Phi) is 4.45. The molecule has 7 nitrogen and oxygen atoms in total. The molecule has 1 aromatic rings. The summed E-state index contributed by atoms with van der Waals surface area (Å²) in [5.41, 5.74) is -0.267. The van der Waals surface area contributed by atoms with Crippen LogP contribution >= 0.6 is 15.9 Å². The minimum absolute atomic E-state index is 0.140. The molecule has 0 aliphatic carbocycles. The first-order chi connectivity index (χ1) is 11.0. The van der Waals surface area contributed by atoms with Crippen molar-refractivity contribution in [1.82, 2.24) is 5.32 Å². The Bertz CT molecular complexity index is 630. The Labute approximate surface area is 141 Å². The third-order valence-corrected chi connectivity index (χ3v) is 4.56. The highest BCUT2D eigenvalue weighted by atomic mass is 79.9. The maximum atomic E-state index is 13.0. The van der Waals surface area contributed by atoms with Gasteiger partial charge in [0.25, 0.3) is 5.91 Å². The van der Waals surface area contributed by atoms with E-state index in [4.69, 9.17) is 14.6 Å². The van der Waals surface area contributed by atoms with E-state index in [2.05, 4.69) is 21.2 Å². The van der Waals surface area contributed by atoms with Gasteiger partial charge in [-0.1, -0.05) is 15.9 Å². The molecule has 3 rings (SSSR count). The molecular formula is C15H17BrN2O5. The van der Waals surface area contributed by atoms with Crippen molar-refractivity contribution in [3.8, 4) is 5.75 Å². The molecule has 1 fully saturated rings. The molecule has 23 heavy (non-hydrogen) atoms. The summed E-state index contributed by atoms with van der Waals surface area (Å²) < 4.78 is 12.2. The number of carbonyl (C=O) groups excluding carboxylic acids is 1. The van der Waals surface area contributed by atoms with Crippen molar-refractivity contribution in [2.75, 3.05) is 31.2 Å². The quantitative estimate of drug-likeness (QED) is 0.831. The molecule has 2 aliphatic rings. The van der Waals surface area contributed by atoms with Crippen LogP contribution in [-0.2, 0) is 9.53 Å². The Morgan fingerprint density at radius 2 is 2.13 bits per heavy atom. The Hall–Kier alpha value is -1.80. The lowest BCUT2D eigenvalue weighted by Crippen LogP contribution is -2.59. The van der Waals surface area contributed by atoms with Crippen LogP contribution < -0.4 is 15.0 Å². The molecule has 2 aliphatic heterocycles. The maximum absolute atomic E-state index is 13.0. The zero-order valence-corrected chi connectivity index (χ0v) is 14.0. The molecule has 2 amide bonds. The second-order valence-electron chi connectivity index (χ2n) is 5.51. The lowest BCUT2D eigenvalue weighted by molar-refractivity contribution is -0.144.